The lowest BCUT2D eigenvalue weighted by Gasteiger charge is -2.33. The van der Waals surface area contributed by atoms with Crippen molar-refractivity contribution in [1.82, 2.24) is 0 Å². The van der Waals surface area contributed by atoms with E-state index in [1.165, 1.54) is 6.92 Å². The summed E-state index contributed by atoms with van der Waals surface area (Å²) in [7, 11) is 1.56. The summed E-state index contributed by atoms with van der Waals surface area (Å²) in [6, 6.07) is 0. The molecule has 2 aliphatic rings. The summed E-state index contributed by atoms with van der Waals surface area (Å²) < 4.78 is 42.8. The fraction of sp³-hybridized carbons (Fsp3) is 1.00. The van der Waals surface area contributed by atoms with Crippen LogP contribution in [0.5, 0.6) is 0 Å². The largest absolute Gasteiger partial charge is 0.375 e. The Morgan fingerprint density at radius 2 is 1.85 bits per heavy atom. The smallest absolute Gasteiger partial charge is 0.164 e. The number of ether oxygens (including phenoxy) is 5. The molecule has 4 atom stereocenters. The third-order valence-electron chi connectivity index (χ3n) is 3.68. The number of fused-ring (bicyclic) bond motifs is 1. The minimum atomic E-state index is -1.62. The molecule has 0 radical (unpaired) electrons. The predicted octanol–water partition coefficient (Wildman–Crippen LogP) is 2.03. The zero-order valence-corrected chi connectivity index (χ0v) is 13.1. The maximum atomic E-state index is 14.7. The standard InChI is InChI=1S/C14H25FO5/c1-12(2,16-6)18-9-7-17-8-14(5,15)11-10(9)19-13(3,4)20-11/h9-11H,7-8H2,1-6H3/t9-,10?,11?,14+/m1/s1. The van der Waals surface area contributed by atoms with E-state index < -0.39 is 35.6 Å². The van der Waals surface area contributed by atoms with Gasteiger partial charge in [-0.2, -0.15) is 0 Å². The van der Waals surface area contributed by atoms with Gasteiger partial charge in [-0.05, 0) is 34.6 Å². The maximum Gasteiger partial charge on any atom is 0.164 e. The molecule has 0 aromatic carbocycles. The summed E-state index contributed by atoms with van der Waals surface area (Å²) in [4.78, 5) is 0. The highest BCUT2D eigenvalue weighted by Gasteiger charge is 2.56. The van der Waals surface area contributed by atoms with Gasteiger partial charge in [0.1, 0.15) is 18.3 Å². The van der Waals surface area contributed by atoms with Gasteiger partial charge in [0.05, 0.1) is 13.2 Å². The molecule has 2 saturated heterocycles. The molecule has 0 aromatic heterocycles. The van der Waals surface area contributed by atoms with Gasteiger partial charge >= 0.3 is 0 Å². The molecule has 2 fully saturated rings. The van der Waals surface area contributed by atoms with Crippen LogP contribution in [-0.2, 0) is 23.7 Å². The summed E-state index contributed by atoms with van der Waals surface area (Å²) in [6.07, 6.45) is -1.70. The van der Waals surface area contributed by atoms with E-state index in [1.807, 2.05) is 0 Å². The molecule has 6 heteroatoms. The van der Waals surface area contributed by atoms with E-state index in [1.54, 1.807) is 34.8 Å². The summed E-state index contributed by atoms with van der Waals surface area (Å²) in [6.45, 7) is 8.81. The fourth-order valence-corrected chi connectivity index (χ4v) is 2.59. The van der Waals surface area contributed by atoms with Crippen molar-refractivity contribution in [3.63, 3.8) is 0 Å². The SMILES string of the molecule is COC(C)(C)O[C@@H]1COC[C@](C)(F)C2OC(C)(C)OC21. The molecule has 2 unspecified atom stereocenters. The Kier molecular flexibility index (Phi) is 4.17. The third-order valence-corrected chi connectivity index (χ3v) is 3.68. The molecule has 0 aromatic rings. The highest BCUT2D eigenvalue weighted by Crippen LogP contribution is 2.40. The van der Waals surface area contributed by atoms with E-state index >= 15 is 0 Å². The molecule has 0 bridgehead atoms. The van der Waals surface area contributed by atoms with Gasteiger partial charge in [-0.1, -0.05) is 0 Å². The van der Waals surface area contributed by atoms with E-state index in [9.17, 15) is 4.39 Å². The Labute approximate surface area is 119 Å². The van der Waals surface area contributed by atoms with Crippen molar-refractivity contribution in [1.29, 1.82) is 0 Å². The number of hydrogen-bond acceptors (Lipinski definition) is 5. The van der Waals surface area contributed by atoms with Crippen molar-refractivity contribution in [2.75, 3.05) is 20.3 Å². The first-order chi connectivity index (χ1) is 9.06. The van der Waals surface area contributed by atoms with Gasteiger partial charge in [0.2, 0.25) is 0 Å². The molecule has 2 aliphatic heterocycles. The molecule has 0 N–H and O–H groups in total. The van der Waals surface area contributed by atoms with Crippen LogP contribution in [0.15, 0.2) is 0 Å². The Hall–Kier alpha value is -0.270. The van der Waals surface area contributed by atoms with Crippen LogP contribution in [-0.4, -0.2) is 55.9 Å². The second kappa shape index (κ2) is 5.18. The molecule has 20 heavy (non-hydrogen) atoms. The molecule has 5 nitrogen and oxygen atoms in total. The van der Waals surface area contributed by atoms with Crippen LogP contribution in [0.25, 0.3) is 0 Å². The lowest BCUT2D eigenvalue weighted by Crippen LogP contribution is -2.49. The van der Waals surface area contributed by atoms with E-state index in [4.69, 9.17) is 23.7 Å². The monoisotopic (exact) mass is 292 g/mol. The van der Waals surface area contributed by atoms with Gasteiger partial charge in [-0.25, -0.2) is 4.39 Å². The summed E-state index contributed by atoms with van der Waals surface area (Å²) in [5.74, 6) is -1.63. The Morgan fingerprint density at radius 1 is 1.20 bits per heavy atom. The van der Waals surface area contributed by atoms with E-state index in [-0.39, 0.29) is 13.2 Å². The van der Waals surface area contributed by atoms with Crippen molar-refractivity contribution in [2.45, 2.75) is 70.2 Å². The molecule has 0 spiro atoms. The van der Waals surface area contributed by atoms with Crippen molar-refractivity contribution in [2.24, 2.45) is 0 Å². The molecular formula is C14H25FO5. The van der Waals surface area contributed by atoms with E-state index in [2.05, 4.69) is 0 Å². The molecule has 0 saturated carbocycles. The minimum absolute atomic E-state index is 0.0408. The van der Waals surface area contributed by atoms with Crippen LogP contribution in [0.3, 0.4) is 0 Å². The zero-order valence-electron chi connectivity index (χ0n) is 13.1. The molecule has 2 rings (SSSR count). The van der Waals surface area contributed by atoms with Crippen molar-refractivity contribution in [3.05, 3.63) is 0 Å². The van der Waals surface area contributed by atoms with Crippen LogP contribution < -0.4 is 0 Å². The van der Waals surface area contributed by atoms with Crippen LogP contribution >= 0.6 is 0 Å². The average Bonchev–Trinajstić information content (AvgIpc) is 2.60. The molecule has 0 amide bonds. The van der Waals surface area contributed by atoms with Gasteiger partial charge < -0.3 is 23.7 Å². The number of methoxy groups -OCH3 is 1. The number of rotatable bonds is 3. The first-order valence-corrected chi connectivity index (χ1v) is 6.92. The summed E-state index contributed by atoms with van der Waals surface area (Å²) >= 11 is 0. The minimum Gasteiger partial charge on any atom is -0.375 e. The van der Waals surface area contributed by atoms with Crippen molar-refractivity contribution < 1.29 is 28.1 Å². The first-order valence-electron chi connectivity index (χ1n) is 6.92. The lowest BCUT2D eigenvalue weighted by atomic mass is 9.95. The normalized spacial score (nSPS) is 41.2. The second-order valence-electron chi connectivity index (χ2n) is 6.57. The molecule has 118 valence electrons. The molecule has 0 aliphatic carbocycles. The van der Waals surface area contributed by atoms with Gasteiger partial charge in [-0.3, -0.25) is 0 Å². The number of alkyl halides is 1. The van der Waals surface area contributed by atoms with E-state index in [0.29, 0.717) is 0 Å². The number of halogens is 1. The van der Waals surface area contributed by atoms with Crippen LogP contribution in [0.1, 0.15) is 34.6 Å². The first kappa shape index (κ1) is 16.1. The van der Waals surface area contributed by atoms with Crippen LogP contribution in [0.2, 0.25) is 0 Å². The number of hydrogen-bond donors (Lipinski definition) is 0. The molecule has 2 heterocycles. The Morgan fingerprint density at radius 3 is 2.45 bits per heavy atom. The Bertz CT molecular complexity index is 355. The summed E-state index contributed by atoms with van der Waals surface area (Å²) in [5.41, 5.74) is -1.62. The fourth-order valence-electron chi connectivity index (χ4n) is 2.59. The topological polar surface area (TPSA) is 46.2 Å². The highest BCUT2D eigenvalue weighted by molar-refractivity contribution is 5.00. The summed E-state index contributed by atoms with van der Waals surface area (Å²) in [5, 5.41) is 0. The highest BCUT2D eigenvalue weighted by atomic mass is 19.1. The van der Waals surface area contributed by atoms with Gasteiger partial charge in [0.15, 0.2) is 17.2 Å². The maximum absolute atomic E-state index is 14.7. The zero-order chi connectivity index (χ0) is 15.2. The van der Waals surface area contributed by atoms with Gasteiger partial charge in [-0.15, -0.1) is 0 Å². The van der Waals surface area contributed by atoms with E-state index in [0.717, 1.165) is 0 Å². The van der Waals surface area contributed by atoms with Crippen LogP contribution in [0, 0.1) is 0 Å². The second-order valence-corrected chi connectivity index (χ2v) is 6.57. The average molecular weight is 292 g/mol. The van der Waals surface area contributed by atoms with Crippen LogP contribution in [0.4, 0.5) is 4.39 Å². The van der Waals surface area contributed by atoms with Gasteiger partial charge in [0.25, 0.3) is 0 Å². The van der Waals surface area contributed by atoms with Gasteiger partial charge in [0, 0.05) is 7.11 Å². The lowest BCUT2D eigenvalue weighted by molar-refractivity contribution is -0.255. The predicted molar refractivity (Wildman–Crippen MR) is 70.1 cm³/mol. The van der Waals surface area contributed by atoms with Crippen molar-refractivity contribution in [3.8, 4) is 0 Å². The molecular weight excluding hydrogens is 267 g/mol. The van der Waals surface area contributed by atoms with Crippen molar-refractivity contribution >= 4 is 0 Å². The third kappa shape index (κ3) is 3.31. The quantitative estimate of drug-likeness (QED) is 0.745. The Balaban J connectivity index is 2.22.